The van der Waals surface area contributed by atoms with Gasteiger partial charge in [-0.3, -0.25) is 10.2 Å². The van der Waals surface area contributed by atoms with Gasteiger partial charge in [-0.05, 0) is 19.3 Å². The van der Waals surface area contributed by atoms with Gasteiger partial charge < -0.3 is 9.47 Å². The maximum atomic E-state index is 10.8. The number of hydrazine groups is 1. The fourth-order valence-corrected chi connectivity index (χ4v) is 1.40. The highest BCUT2D eigenvalue weighted by Gasteiger charge is 2.13. The van der Waals surface area contributed by atoms with Crippen LogP contribution in [0.3, 0.4) is 0 Å². The van der Waals surface area contributed by atoms with Crippen LogP contribution in [0, 0.1) is 0 Å². The van der Waals surface area contributed by atoms with Crippen molar-refractivity contribution in [3.8, 4) is 0 Å². The Hall–Kier alpha value is -0.650. The number of ether oxygens (including phenoxy) is 2. The molecule has 0 atom stereocenters. The number of rotatable bonds is 5. The number of carbonyl (C=O) groups is 1. The molecule has 0 aromatic carbocycles. The van der Waals surface area contributed by atoms with E-state index in [9.17, 15) is 4.79 Å². The molecule has 0 aromatic rings. The van der Waals surface area contributed by atoms with E-state index >= 15 is 0 Å². The summed E-state index contributed by atoms with van der Waals surface area (Å²) in [5, 5.41) is 0. The highest BCUT2D eigenvalue weighted by Crippen LogP contribution is 2.10. The van der Waals surface area contributed by atoms with Crippen molar-refractivity contribution >= 4 is 5.91 Å². The third-order valence-electron chi connectivity index (χ3n) is 2.23. The molecule has 0 spiro atoms. The summed E-state index contributed by atoms with van der Waals surface area (Å²) in [6.45, 7) is 2.19. The maximum Gasteiger partial charge on any atom is 0.233 e. The molecule has 0 aromatic heterocycles. The van der Waals surface area contributed by atoms with Crippen molar-refractivity contribution in [2.75, 3.05) is 19.8 Å². The summed E-state index contributed by atoms with van der Waals surface area (Å²) in [5.74, 6) is 4.80. The third-order valence-corrected chi connectivity index (χ3v) is 2.23. The number of nitrogens with one attached hydrogen (secondary N) is 1. The summed E-state index contributed by atoms with van der Waals surface area (Å²) in [4.78, 5) is 10.8. The lowest BCUT2D eigenvalue weighted by molar-refractivity contribution is -0.121. The molecule has 82 valence electrons. The van der Waals surface area contributed by atoms with Crippen LogP contribution in [0.25, 0.3) is 0 Å². The van der Waals surface area contributed by atoms with Crippen LogP contribution in [-0.2, 0) is 14.3 Å². The molecule has 0 saturated carbocycles. The number of carbonyl (C=O) groups excluding carboxylic acids is 1. The first-order valence-electron chi connectivity index (χ1n) is 5.01. The number of nitrogens with two attached hydrogens (primary N) is 1. The van der Waals surface area contributed by atoms with Crippen LogP contribution in [0.15, 0.2) is 0 Å². The van der Waals surface area contributed by atoms with Gasteiger partial charge in [0.25, 0.3) is 0 Å². The van der Waals surface area contributed by atoms with Gasteiger partial charge >= 0.3 is 0 Å². The lowest BCUT2D eigenvalue weighted by atomic mass is 10.1. The van der Waals surface area contributed by atoms with Crippen molar-refractivity contribution in [1.29, 1.82) is 0 Å². The van der Waals surface area contributed by atoms with E-state index in [4.69, 9.17) is 15.3 Å². The van der Waals surface area contributed by atoms with Crippen LogP contribution in [0.2, 0.25) is 0 Å². The minimum atomic E-state index is -0.138. The minimum Gasteiger partial charge on any atom is -0.381 e. The standard InChI is InChI=1S/C9H18N2O3/c10-11-9(12)2-1-5-14-8-3-6-13-7-4-8/h8H,1-7,10H2,(H,11,12). The fraction of sp³-hybridized carbons (Fsp3) is 0.889. The summed E-state index contributed by atoms with van der Waals surface area (Å²) >= 11 is 0. The summed E-state index contributed by atoms with van der Waals surface area (Å²) in [6, 6.07) is 0. The quantitative estimate of drug-likeness (QED) is 0.284. The molecule has 1 amide bonds. The third kappa shape index (κ3) is 4.55. The van der Waals surface area contributed by atoms with Crippen LogP contribution < -0.4 is 11.3 Å². The molecule has 14 heavy (non-hydrogen) atoms. The molecule has 1 aliphatic rings. The zero-order valence-corrected chi connectivity index (χ0v) is 8.33. The summed E-state index contributed by atoms with van der Waals surface area (Å²) in [5.41, 5.74) is 2.09. The van der Waals surface area contributed by atoms with E-state index in [1.165, 1.54) is 0 Å². The van der Waals surface area contributed by atoms with E-state index in [2.05, 4.69) is 5.43 Å². The Kier molecular flexibility index (Phi) is 5.51. The van der Waals surface area contributed by atoms with Gasteiger partial charge in [-0.15, -0.1) is 0 Å². The van der Waals surface area contributed by atoms with Crippen molar-refractivity contribution in [2.24, 2.45) is 5.84 Å². The van der Waals surface area contributed by atoms with Crippen molar-refractivity contribution in [3.63, 3.8) is 0 Å². The zero-order chi connectivity index (χ0) is 10.2. The molecule has 0 bridgehead atoms. The van der Waals surface area contributed by atoms with Crippen LogP contribution in [0.1, 0.15) is 25.7 Å². The van der Waals surface area contributed by atoms with Gasteiger partial charge in [-0.25, -0.2) is 5.84 Å². The summed E-state index contributed by atoms with van der Waals surface area (Å²) < 4.78 is 10.8. The summed E-state index contributed by atoms with van der Waals surface area (Å²) in [7, 11) is 0. The average Bonchev–Trinajstić information content (AvgIpc) is 2.25. The number of hydrogen-bond acceptors (Lipinski definition) is 4. The van der Waals surface area contributed by atoms with Gasteiger partial charge in [0, 0.05) is 26.2 Å². The highest BCUT2D eigenvalue weighted by molar-refractivity contribution is 5.75. The van der Waals surface area contributed by atoms with Crippen LogP contribution in [0.5, 0.6) is 0 Å². The van der Waals surface area contributed by atoms with Gasteiger partial charge in [0.15, 0.2) is 0 Å². The predicted molar refractivity (Wildman–Crippen MR) is 51.4 cm³/mol. The van der Waals surface area contributed by atoms with Crippen molar-refractivity contribution in [3.05, 3.63) is 0 Å². The second-order valence-corrected chi connectivity index (χ2v) is 3.35. The highest BCUT2D eigenvalue weighted by atomic mass is 16.5. The normalized spacial score (nSPS) is 18.1. The molecule has 0 radical (unpaired) electrons. The largest absolute Gasteiger partial charge is 0.381 e. The predicted octanol–water partition coefficient (Wildman–Crippen LogP) is -0.0479. The Morgan fingerprint density at radius 1 is 1.50 bits per heavy atom. The molecule has 0 unspecified atom stereocenters. The van der Waals surface area contributed by atoms with E-state index in [-0.39, 0.29) is 5.91 Å². The number of hydrogen-bond donors (Lipinski definition) is 2. The Bertz CT molecular complexity index is 169. The Morgan fingerprint density at radius 3 is 2.86 bits per heavy atom. The molecule has 3 N–H and O–H groups in total. The Morgan fingerprint density at radius 2 is 2.21 bits per heavy atom. The first-order chi connectivity index (χ1) is 6.83. The van der Waals surface area contributed by atoms with E-state index < -0.39 is 0 Å². The first-order valence-corrected chi connectivity index (χ1v) is 5.01. The fourth-order valence-electron chi connectivity index (χ4n) is 1.40. The van der Waals surface area contributed by atoms with Crippen molar-refractivity contribution in [1.82, 2.24) is 5.43 Å². The zero-order valence-electron chi connectivity index (χ0n) is 8.33. The monoisotopic (exact) mass is 202 g/mol. The van der Waals surface area contributed by atoms with E-state index in [1.54, 1.807) is 0 Å². The molecular weight excluding hydrogens is 184 g/mol. The Balaban J connectivity index is 1.94. The van der Waals surface area contributed by atoms with Crippen molar-refractivity contribution < 1.29 is 14.3 Å². The summed E-state index contributed by atoms with van der Waals surface area (Å²) in [6.07, 6.45) is 3.39. The van der Waals surface area contributed by atoms with E-state index in [0.29, 0.717) is 19.1 Å². The topological polar surface area (TPSA) is 73.6 Å². The van der Waals surface area contributed by atoms with Gasteiger partial charge in [-0.2, -0.15) is 0 Å². The van der Waals surface area contributed by atoms with Gasteiger partial charge in [0.2, 0.25) is 5.91 Å². The second-order valence-electron chi connectivity index (χ2n) is 3.35. The smallest absolute Gasteiger partial charge is 0.233 e. The Labute approximate surface area is 83.9 Å². The second kappa shape index (κ2) is 6.75. The van der Waals surface area contributed by atoms with E-state index in [0.717, 1.165) is 32.5 Å². The molecule has 1 rings (SSSR count). The van der Waals surface area contributed by atoms with Gasteiger partial charge in [-0.1, -0.05) is 0 Å². The van der Waals surface area contributed by atoms with Crippen LogP contribution in [-0.4, -0.2) is 31.8 Å². The first kappa shape index (κ1) is 11.4. The molecule has 1 fully saturated rings. The molecule has 5 nitrogen and oxygen atoms in total. The molecular formula is C9H18N2O3. The lowest BCUT2D eigenvalue weighted by Crippen LogP contribution is -2.30. The molecule has 5 heteroatoms. The molecule has 1 aliphatic heterocycles. The van der Waals surface area contributed by atoms with Gasteiger partial charge in [0.05, 0.1) is 6.10 Å². The molecule has 1 heterocycles. The average molecular weight is 202 g/mol. The van der Waals surface area contributed by atoms with Crippen LogP contribution in [0.4, 0.5) is 0 Å². The van der Waals surface area contributed by atoms with Crippen LogP contribution >= 0.6 is 0 Å². The lowest BCUT2D eigenvalue weighted by Gasteiger charge is -2.22. The minimum absolute atomic E-state index is 0.138. The van der Waals surface area contributed by atoms with E-state index in [1.807, 2.05) is 0 Å². The maximum absolute atomic E-state index is 10.8. The molecule has 1 saturated heterocycles. The van der Waals surface area contributed by atoms with Crippen molar-refractivity contribution in [2.45, 2.75) is 31.8 Å². The molecule has 0 aliphatic carbocycles. The number of amides is 1. The van der Waals surface area contributed by atoms with Gasteiger partial charge in [0.1, 0.15) is 0 Å². The SMILES string of the molecule is NNC(=O)CCCOC1CCOCC1.